The molecule has 152 valence electrons. The van der Waals surface area contributed by atoms with Crippen molar-refractivity contribution >= 4 is 35.0 Å². The van der Waals surface area contributed by atoms with Crippen molar-refractivity contribution in [3.63, 3.8) is 0 Å². The van der Waals surface area contributed by atoms with Gasteiger partial charge in [0.25, 0.3) is 0 Å². The van der Waals surface area contributed by atoms with Gasteiger partial charge in [-0.15, -0.1) is 0 Å². The van der Waals surface area contributed by atoms with Crippen LogP contribution in [0.2, 0.25) is 5.02 Å². The Hall–Kier alpha value is -3.38. The summed E-state index contributed by atoms with van der Waals surface area (Å²) in [4.78, 5) is 30.7. The first-order valence-electron chi connectivity index (χ1n) is 9.69. The molecule has 0 aliphatic carbocycles. The van der Waals surface area contributed by atoms with Crippen molar-refractivity contribution in [3.05, 3.63) is 89.1 Å². The highest BCUT2D eigenvalue weighted by Gasteiger charge is 2.31. The lowest BCUT2D eigenvalue weighted by Gasteiger charge is -2.18. The van der Waals surface area contributed by atoms with Crippen LogP contribution < -0.4 is 15.5 Å². The largest absolute Gasteiger partial charge is 0.334 e. The molecular formula is C23H21ClN4O2. The van der Waals surface area contributed by atoms with Crippen molar-refractivity contribution < 1.29 is 9.59 Å². The van der Waals surface area contributed by atoms with Gasteiger partial charge in [-0.1, -0.05) is 54.1 Å². The molecule has 0 bridgehead atoms. The van der Waals surface area contributed by atoms with Crippen molar-refractivity contribution in [1.82, 2.24) is 10.3 Å². The fraction of sp³-hybridized carbons (Fsp3) is 0.174. The van der Waals surface area contributed by atoms with Gasteiger partial charge in [-0.25, -0.2) is 9.78 Å². The monoisotopic (exact) mass is 420 g/mol. The summed E-state index contributed by atoms with van der Waals surface area (Å²) in [7, 11) is 0. The maximum absolute atomic E-state index is 12.6. The van der Waals surface area contributed by atoms with Crippen molar-refractivity contribution in [2.24, 2.45) is 0 Å². The van der Waals surface area contributed by atoms with Gasteiger partial charge < -0.3 is 10.2 Å². The zero-order valence-corrected chi connectivity index (χ0v) is 17.0. The standard InChI is InChI=1S/C23H21ClN4O2/c24-19-8-6-16(7-9-19)14-26-23(30)27-21-13-20(10-11-25-21)28-15-18(12-22(28)29)17-4-2-1-3-5-17/h1-11,13,18H,12,14-15H2,(H2,25,26,27,30). The van der Waals surface area contributed by atoms with E-state index in [0.29, 0.717) is 30.4 Å². The van der Waals surface area contributed by atoms with Crippen LogP contribution in [-0.2, 0) is 11.3 Å². The van der Waals surface area contributed by atoms with E-state index in [1.165, 1.54) is 0 Å². The summed E-state index contributed by atoms with van der Waals surface area (Å²) in [5.41, 5.74) is 2.81. The molecule has 1 aliphatic rings. The summed E-state index contributed by atoms with van der Waals surface area (Å²) in [6, 6.07) is 20.4. The molecule has 30 heavy (non-hydrogen) atoms. The molecule has 1 aliphatic heterocycles. The molecule has 1 unspecified atom stereocenters. The number of halogens is 1. The zero-order chi connectivity index (χ0) is 20.9. The normalized spacial score (nSPS) is 15.8. The van der Waals surface area contributed by atoms with E-state index < -0.39 is 0 Å². The van der Waals surface area contributed by atoms with Crippen molar-refractivity contribution in [1.29, 1.82) is 0 Å². The number of pyridine rings is 1. The highest BCUT2D eigenvalue weighted by molar-refractivity contribution is 6.30. The number of nitrogens with one attached hydrogen (secondary N) is 2. The second-order valence-electron chi connectivity index (χ2n) is 7.15. The molecule has 6 nitrogen and oxygen atoms in total. The SMILES string of the molecule is O=C(NCc1ccc(Cl)cc1)Nc1cc(N2CC(c3ccccc3)CC2=O)ccn1. The molecular weight excluding hydrogens is 400 g/mol. The number of carbonyl (C=O) groups is 2. The number of nitrogens with zero attached hydrogens (tertiary/aromatic N) is 2. The summed E-state index contributed by atoms with van der Waals surface area (Å²) >= 11 is 5.87. The number of benzene rings is 2. The van der Waals surface area contributed by atoms with Gasteiger partial charge in [0, 0.05) is 48.4 Å². The van der Waals surface area contributed by atoms with Crippen LogP contribution in [0.5, 0.6) is 0 Å². The number of hydrogen-bond donors (Lipinski definition) is 2. The van der Waals surface area contributed by atoms with Crippen LogP contribution >= 0.6 is 11.6 Å². The van der Waals surface area contributed by atoms with E-state index in [4.69, 9.17) is 11.6 Å². The lowest BCUT2D eigenvalue weighted by Crippen LogP contribution is -2.29. The average Bonchev–Trinajstić information content (AvgIpc) is 3.16. The third kappa shape index (κ3) is 4.78. The molecule has 2 heterocycles. The summed E-state index contributed by atoms with van der Waals surface area (Å²) in [5.74, 6) is 0.608. The number of urea groups is 1. The average molecular weight is 421 g/mol. The topological polar surface area (TPSA) is 74.3 Å². The molecule has 0 saturated carbocycles. The third-order valence-electron chi connectivity index (χ3n) is 5.06. The molecule has 1 fully saturated rings. The van der Waals surface area contributed by atoms with Gasteiger partial charge in [0.15, 0.2) is 0 Å². The quantitative estimate of drug-likeness (QED) is 0.634. The Kier molecular flexibility index (Phi) is 5.95. The number of anilines is 2. The van der Waals surface area contributed by atoms with Crippen LogP contribution in [0.3, 0.4) is 0 Å². The third-order valence-corrected chi connectivity index (χ3v) is 5.31. The van der Waals surface area contributed by atoms with E-state index in [-0.39, 0.29) is 17.9 Å². The molecule has 4 rings (SSSR count). The Morgan fingerprint density at radius 1 is 1.10 bits per heavy atom. The molecule has 1 aromatic heterocycles. The molecule has 3 aromatic rings. The molecule has 2 N–H and O–H groups in total. The fourth-order valence-electron chi connectivity index (χ4n) is 3.51. The molecule has 0 spiro atoms. The van der Waals surface area contributed by atoms with Crippen LogP contribution in [-0.4, -0.2) is 23.5 Å². The first kappa shape index (κ1) is 19.9. The first-order chi connectivity index (χ1) is 14.6. The first-order valence-corrected chi connectivity index (χ1v) is 10.1. The van der Waals surface area contributed by atoms with E-state index in [1.54, 1.807) is 35.4 Å². The van der Waals surface area contributed by atoms with Crippen LogP contribution in [0.1, 0.15) is 23.5 Å². The highest BCUT2D eigenvalue weighted by atomic mass is 35.5. The van der Waals surface area contributed by atoms with E-state index >= 15 is 0 Å². The van der Waals surface area contributed by atoms with Crippen LogP contribution in [0.4, 0.5) is 16.3 Å². The maximum Gasteiger partial charge on any atom is 0.320 e. The van der Waals surface area contributed by atoms with Gasteiger partial charge in [-0.05, 0) is 29.3 Å². The number of carbonyl (C=O) groups excluding carboxylic acids is 2. The lowest BCUT2D eigenvalue weighted by molar-refractivity contribution is -0.117. The number of aromatic nitrogens is 1. The second kappa shape index (κ2) is 8.97. The Bertz CT molecular complexity index is 1040. The maximum atomic E-state index is 12.6. The van der Waals surface area contributed by atoms with Crippen LogP contribution in [0, 0.1) is 0 Å². The van der Waals surface area contributed by atoms with E-state index in [1.807, 2.05) is 42.5 Å². The van der Waals surface area contributed by atoms with E-state index in [2.05, 4.69) is 15.6 Å². The van der Waals surface area contributed by atoms with Crippen molar-refractivity contribution in [2.75, 3.05) is 16.8 Å². The Labute approximate surface area is 179 Å². The number of hydrogen-bond acceptors (Lipinski definition) is 3. The van der Waals surface area contributed by atoms with E-state index in [0.717, 1.165) is 16.8 Å². The van der Waals surface area contributed by atoms with Gasteiger partial charge in [-0.2, -0.15) is 0 Å². The van der Waals surface area contributed by atoms with E-state index in [9.17, 15) is 9.59 Å². The summed E-state index contributed by atoms with van der Waals surface area (Å²) < 4.78 is 0. The predicted molar refractivity (Wildman–Crippen MR) is 118 cm³/mol. The van der Waals surface area contributed by atoms with Crippen molar-refractivity contribution in [2.45, 2.75) is 18.9 Å². The molecule has 7 heteroatoms. The predicted octanol–water partition coefficient (Wildman–Crippen LogP) is 4.58. The molecule has 2 aromatic carbocycles. The van der Waals surface area contributed by atoms with Gasteiger partial charge >= 0.3 is 6.03 Å². The highest BCUT2D eigenvalue weighted by Crippen LogP contribution is 2.32. The minimum atomic E-state index is -0.371. The van der Waals surface area contributed by atoms with Gasteiger partial charge in [0.2, 0.25) is 5.91 Å². The lowest BCUT2D eigenvalue weighted by atomic mass is 9.99. The number of rotatable bonds is 5. The smallest absolute Gasteiger partial charge is 0.320 e. The summed E-state index contributed by atoms with van der Waals surface area (Å²) in [5, 5.41) is 6.15. The molecule has 0 radical (unpaired) electrons. The fourth-order valence-corrected chi connectivity index (χ4v) is 3.63. The van der Waals surface area contributed by atoms with Crippen LogP contribution in [0.25, 0.3) is 0 Å². The van der Waals surface area contributed by atoms with Crippen LogP contribution in [0.15, 0.2) is 72.9 Å². The summed E-state index contributed by atoms with van der Waals surface area (Å²) in [6.07, 6.45) is 2.06. The molecule has 1 saturated heterocycles. The Morgan fingerprint density at radius 2 is 1.87 bits per heavy atom. The van der Waals surface area contributed by atoms with Gasteiger partial charge in [0.05, 0.1) is 0 Å². The Balaban J connectivity index is 1.38. The molecule has 3 amide bonds. The second-order valence-corrected chi connectivity index (χ2v) is 7.59. The minimum Gasteiger partial charge on any atom is -0.334 e. The zero-order valence-electron chi connectivity index (χ0n) is 16.2. The minimum absolute atomic E-state index is 0.0631. The molecule has 1 atom stereocenters. The summed E-state index contributed by atoms with van der Waals surface area (Å²) in [6.45, 7) is 0.973. The Morgan fingerprint density at radius 3 is 2.63 bits per heavy atom. The van der Waals surface area contributed by atoms with Crippen molar-refractivity contribution in [3.8, 4) is 0 Å². The number of amides is 3. The van der Waals surface area contributed by atoms with Gasteiger partial charge in [-0.3, -0.25) is 10.1 Å². The van der Waals surface area contributed by atoms with Gasteiger partial charge in [0.1, 0.15) is 5.82 Å².